The van der Waals surface area contributed by atoms with Crippen molar-refractivity contribution in [2.24, 2.45) is 16.4 Å². The summed E-state index contributed by atoms with van der Waals surface area (Å²) in [5.74, 6) is 3.92. The first-order valence-electron chi connectivity index (χ1n) is 2.96. The molecular formula is C4H10N4O2. The maximum atomic E-state index is 9.68. The lowest BCUT2D eigenvalue weighted by Crippen LogP contribution is -2.08. The van der Waals surface area contributed by atoms with Crippen LogP contribution in [0.15, 0.2) is 10.6 Å². The lowest BCUT2D eigenvalue weighted by molar-refractivity contribution is 0.355. The van der Waals surface area contributed by atoms with E-state index in [4.69, 9.17) is 4.91 Å². The van der Waals surface area contributed by atoms with Crippen LogP contribution in [0.1, 0.15) is 12.8 Å². The molecule has 0 aromatic rings. The fourth-order valence-electron chi connectivity index (χ4n) is 0.782. The number of nitrogens with zero attached hydrogens (tertiary/aromatic N) is 3. The smallest absolute Gasteiger partial charge is 0.0523 e. The topological polar surface area (TPSA) is 88.1 Å². The van der Waals surface area contributed by atoms with Crippen molar-refractivity contribution >= 4 is 0 Å². The SMILES string of the molecule is NN=O.O=NN1CCCC1. The second kappa shape index (κ2) is 5.93. The molecule has 1 saturated heterocycles. The average molecular weight is 146 g/mol. The number of nitrogens with two attached hydrogens (primary N) is 1. The second-order valence-electron chi connectivity index (χ2n) is 1.85. The van der Waals surface area contributed by atoms with Crippen molar-refractivity contribution in [1.29, 1.82) is 0 Å². The normalized spacial score (nSPS) is 15.4. The Labute approximate surface area is 58.3 Å². The molecule has 0 unspecified atom stereocenters. The van der Waals surface area contributed by atoms with Crippen molar-refractivity contribution in [2.75, 3.05) is 13.1 Å². The summed E-state index contributed by atoms with van der Waals surface area (Å²) in [5, 5.41) is 6.08. The van der Waals surface area contributed by atoms with Gasteiger partial charge in [-0.05, 0) is 12.8 Å². The summed E-state index contributed by atoms with van der Waals surface area (Å²) in [7, 11) is 0. The van der Waals surface area contributed by atoms with Gasteiger partial charge in [0.1, 0.15) is 0 Å². The highest BCUT2D eigenvalue weighted by molar-refractivity contribution is 4.59. The van der Waals surface area contributed by atoms with Gasteiger partial charge < -0.3 is 0 Å². The van der Waals surface area contributed by atoms with E-state index in [1.54, 1.807) is 10.3 Å². The van der Waals surface area contributed by atoms with Crippen LogP contribution in [0.5, 0.6) is 0 Å². The van der Waals surface area contributed by atoms with Gasteiger partial charge in [-0.3, -0.25) is 10.9 Å². The molecule has 10 heavy (non-hydrogen) atoms. The van der Waals surface area contributed by atoms with E-state index in [0.717, 1.165) is 25.9 Å². The molecule has 0 radical (unpaired) electrons. The van der Waals surface area contributed by atoms with E-state index in [9.17, 15) is 4.91 Å². The summed E-state index contributed by atoms with van der Waals surface area (Å²) in [4.78, 5) is 18.0. The molecule has 58 valence electrons. The van der Waals surface area contributed by atoms with Gasteiger partial charge >= 0.3 is 0 Å². The minimum atomic E-state index is 0.865. The molecule has 1 aliphatic heterocycles. The highest BCUT2D eigenvalue weighted by atomic mass is 16.3. The zero-order valence-electron chi connectivity index (χ0n) is 5.56. The van der Waals surface area contributed by atoms with Crippen molar-refractivity contribution in [3.05, 3.63) is 9.81 Å². The van der Waals surface area contributed by atoms with Crippen molar-refractivity contribution in [3.8, 4) is 0 Å². The molecule has 0 aliphatic carbocycles. The lowest BCUT2D eigenvalue weighted by Gasteiger charge is -2.00. The van der Waals surface area contributed by atoms with Crippen LogP contribution >= 0.6 is 0 Å². The Hall–Kier alpha value is -1.20. The van der Waals surface area contributed by atoms with Gasteiger partial charge in [0.2, 0.25) is 0 Å². The Morgan fingerprint density at radius 3 is 1.80 bits per heavy atom. The van der Waals surface area contributed by atoms with Gasteiger partial charge in [-0.2, -0.15) is 0 Å². The molecule has 6 nitrogen and oxygen atoms in total. The molecule has 0 amide bonds. The third-order valence-corrected chi connectivity index (χ3v) is 1.20. The van der Waals surface area contributed by atoms with E-state index < -0.39 is 0 Å². The molecule has 1 heterocycles. The number of hydrogen-bond acceptors (Lipinski definition) is 4. The quantitative estimate of drug-likeness (QED) is 0.329. The Balaban J connectivity index is 0.000000236. The summed E-state index contributed by atoms with van der Waals surface area (Å²) in [6, 6.07) is 0. The van der Waals surface area contributed by atoms with Gasteiger partial charge in [0.05, 0.1) is 5.29 Å². The van der Waals surface area contributed by atoms with E-state index in [0.29, 0.717) is 0 Å². The predicted octanol–water partition coefficient (Wildman–Crippen LogP) is 0.390. The molecule has 1 rings (SSSR count). The molecule has 0 bridgehead atoms. The molecule has 0 atom stereocenters. The van der Waals surface area contributed by atoms with Crippen molar-refractivity contribution < 1.29 is 0 Å². The van der Waals surface area contributed by atoms with E-state index in [-0.39, 0.29) is 0 Å². The first-order chi connectivity index (χ1) is 4.85. The predicted molar refractivity (Wildman–Crippen MR) is 36.6 cm³/mol. The summed E-state index contributed by atoms with van der Waals surface area (Å²) in [5.41, 5.74) is 0. The van der Waals surface area contributed by atoms with E-state index >= 15 is 0 Å². The van der Waals surface area contributed by atoms with Crippen LogP contribution in [-0.2, 0) is 0 Å². The summed E-state index contributed by atoms with van der Waals surface area (Å²) >= 11 is 0. The minimum Gasteiger partial charge on any atom is -0.287 e. The molecule has 0 spiro atoms. The van der Waals surface area contributed by atoms with Crippen molar-refractivity contribution in [3.63, 3.8) is 0 Å². The van der Waals surface area contributed by atoms with Gasteiger partial charge in [0.15, 0.2) is 0 Å². The number of hydrogen-bond donors (Lipinski definition) is 1. The third kappa shape index (κ3) is 3.76. The van der Waals surface area contributed by atoms with E-state index in [1.807, 2.05) is 0 Å². The maximum absolute atomic E-state index is 9.68. The van der Waals surface area contributed by atoms with Crippen molar-refractivity contribution in [2.45, 2.75) is 12.8 Å². The Kier molecular flexibility index (Phi) is 5.22. The van der Waals surface area contributed by atoms with E-state index in [2.05, 4.69) is 11.1 Å². The Bertz CT molecular complexity index is 101. The fraction of sp³-hybridized carbons (Fsp3) is 1.00. The third-order valence-electron chi connectivity index (χ3n) is 1.20. The van der Waals surface area contributed by atoms with Gasteiger partial charge in [-0.15, -0.1) is 9.81 Å². The Morgan fingerprint density at radius 2 is 1.60 bits per heavy atom. The highest BCUT2D eigenvalue weighted by Gasteiger charge is 2.08. The summed E-state index contributed by atoms with van der Waals surface area (Å²) in [6.45, 7) is 1.73. The second-order valence-corrected chi connectivity index (χ2v) is 1.85. The number of nitroso groups, excluding NO2 is 2. The van der Waals surface area contributed by atoms with Crippen LogP contribution in [0.2, 0.25) is 0 Å². The zero-order chi connectivity index (χ0) is 7.82. The average Bonchev–Trinajstić information content (AvgIpc) is 2.39. The summed E-state index contributed by atoms with van der Waals surface area (Å²) in [6.07, 6.45) is 2.26. The molecule has 6 heteroatoms. The van der Waals surface area contributed by atoms with Crippen LogP contribution in [0.3, 0.4) is 0 Å². The van der Waals surface area contributed by atoms with E-state index in [1.165, 1.54) is 0 Å². The van der Waals surface area contributed by atoms with Crippen LogP contribution in [-0.4, -0.2) is 18.1 Å². The molecule has 1 aliphatic rings. The van der Waals surface area contributed by atoms with Crippen LogP contribution in [0.4, 0.5) is 0 Å². The molecule has 1 fully saturated rings. The first-order valence-corrected chi connectivity index (χ1v) is 2.96. The van der Waals surface area contributed by atoms with Gasteiger partial charge in [-0.1, -0.05) is 0 Å². The molecule has 2 N–H and O–H groups in total. The maximum Gasteiger partial charge on any atom is 0.0523 e. The van der Waals surface area contributed by atoms with Crippen LogP contribution in [0.25, 0.3) is 0 Å². The molecule has 0 aromatic heterocycles. The van der Waals surface area contributed by atoms with Gasteiger partial charge in [0, 0.05) is 18.4 Å². The number of rotatable bonds is 1. The standard InChI is InChI=1S/C4H8N2O.H2N2O/c7-5-6-3-1-2-4-6;1-2-3/h1-4H2;(H2,1,3). The molecule has 0 saturated carbocycles. The largest absolute Gasteiger partial charge is 0.287 e. The highest BCUT2D eigenvalue weighted by Crippen LogP contribution is 2.05. The summed E-state index contributed by atoms with van der Waals surface area (Å²) < 4.78 is 0. The fourth-order valence-corrected chi connectivity index (χ4v) is 0.782. The zero-order valence-corrected chi connectivity index (χ0v) is 5.56. The Morgan fingerprint density at radius 1 is 1.20 bits per heavy atom. The monoisotopic (exact) mass is 146 g/mol. The minimum absolute atomic E-state index is 0.865. The van der Waals surface area contributed by atoms with Crippen LogP contribution < -0.4 is 5.84 Å². The van der Waals surface area contributed by atoms with Crippen LogP contribution in [0, 0.1) is 9.81 Å². The molecular weight excluding hydrogens is 136 g/mol. The lowest BCUT2D eigenvalue weighted by atomic mass is 10.4. The first kappa shape index (κ1) is 8.80. The van der Waals surface area contributed by atoms with Crippen molar-refractivity contribution in [1.82, 2.24) is 5.01 Å². The van der Waals surface area contributed by atoms with Gasteiger partial charge in [-0.25, -0.2) is 0 Å². The molecule has 0 aromatic carbocycles. The van der Waals surface area contributed by atoms with Gasteiger partial charge in [0.25, 0.3) is 0 Å².